The third kappa shape index (κ3) is 2.88. The summed E-state index contributed by atoms with van der Waals surface area (Å²) >= 11 is 0. The predicted octanol–water partition coefficient (Wildman–Crippen LogP) is 2.48. The van der Waals surface area contributed by atoms with Crippen molar-refractivity contribution in [2.24, 2.45) is 7.05 Å². The van der Waals surface area contributed by atoms with Crippen molar-refractivity contribution in [3.05, 3.63) is 53.7 Å². The van der Waals surface area contributed by atoms with Gasteiger partial charge >= 0.3 is 0 Å². The van der Waals surface area contributed by atoms with E-state index < -0.39 is 0 Å². The van der Waals surface area contributed by atoms with Crippen LogP contribution in [0, 0.1) is 13.8 Å². The number of carbonyl (C=O) groups is 1. The SMILES string of the molecule is COc1cc(C(=O)Nc2ccc(-n3cnc(C)c3C)cc2)nn1C. The molecule has 124 valence electrons. The molecule has 0 radical (unpaired) electrons. The van der Waals surface area contributed by atoms with E-state index >= 15 is 0 Å². The van der Waals surface area contributed by atoms with E-state index in [0.717, 1.165) is 17.1 Å². The van der Waals surface area contributed by atoms with Gasteiger partial charge < -0.3 is 14.6 Å². The highest BCUT2D eigenvalue weighted by Crippen LogP contribution is 2.18. The first-order chi connectivity index (χ1) is 11.5. The third-order valence-corrected chi connectivity index (χ3v) is 3.93. The van der Waals surface area contributed by atoms with Crippen LogP contribution in [-0.4, -0.2) is 32.3 Å². The van der Waals surface area contributed by atoms with Gasteiger partial charge in [-0.25, -0.2) is 9.67 Å². The van der Waals surface area contributed by atoms with Crippen LogP contribution in [0.2, 0.25) is 0 Å². The predicted molar refractivity (Wildman–Crippen MR) is 90.8 cm³/mol. The Hall–Kier alpha value is -3.09. The Morgan fingerprint density at radius 3 is 2.46 bits per heavy atom. The maximum atomic E-state index is 12.3. The lowest BCUT2D eigenvalue weighted by Gasteiger charge is -2.08. The molecule has 1 amide bonds. The van der Waals surface area contributed by atoms with E-state index in [1.54, 1.807) is 19.4 Å². The van der Waals surface area contributed by atoms with Crippen molar-refractivity contribution in [1.29, 1.82) is 0 Å². The summed E-state index contributed by atoms with van der Waals surface area (Å²) < 4.78 is 8.64. The zero-order chi connectivity index (χ0) is 17.3. The number of nitrogens with one attached hydrogen (secondary N) is 1. The van der Waals surface area contributed by atoms with Gasteiger partial charge in [0.2, 0.25) is 5.88 Å². The van der Waals surface area contributed by atoms with E-state index in [2.05, 4.69) is 15.4 Å². The summed E-state index contributed by atoms with van der Waals surface area (Å²) in [5.41, 5.74) is 4.08. The second-order valence-electron chi connectivity index (χ2n) is 5.48. The van der Waals surface area contributed by atoms with Crippen LogP contribution >= 0.6 is 0 Å². The smallest absolute Gasteiger partial charge is 0.276 e. The van der Waals surface area contributed by atoms with Gasteiger partial charge in [-0.3, -0.25) is 4.79 Å². The van der Waals surface area contributed by atoms with Crippen molar-refractivity contribution >= 4 is 11.6 Å². The molecule has 0 saturated carbocycles. The number of nitrogens with zero attached hydrogens (tertiary/aromatic N) is 4. The van der Waals surface area contributed by atoms with E-state index in [1.165, 1.54) is 11.8 Å². The van der Waals surface area contributed by atoms with Gasteiger partial charge in [-0.05, 0) is 38.1 Å². The number of rotatable bonds is 4. The largest absolute Gasteiger partial charge is 0.481 e. The van der Waals surface area contributed by atoms with E-state index in [4.69, 9.17) is 4.74 Å². The van der Waals surface area contributed by atoms with Crippen LogP contribution in [0.5, 0.6) is 5.88 Å². The van der Waals surface area contributed by atoms with Crippen molar-refractivity contribution in [3.8, 4) is 11.6 Å². The molecule has 0 spiro atoms. The molecule has 2 aromatic heterocycles. The normalized spacial score (nSPS) is 10.7. The highest BCUT2D eigenvalue weighted by molar-refractivity contribution is 6.03. The molecule has 3 rings (SSSR count). The van der Waals surface area contributed by atoms with Crippen molar-refractivity contribution < 1.29 is 9.53 Å². The number of benzene rings is 1. The maximum Gasteiger partial charge on any atom is 0.276 e. The number of hydrogen-bond donors (Lipinski definition) is 1. The van der Waals surface area contributed by atoms with E-state index in [1.807, 2.05) is 42.7 Å². The fraction of sp³-hybridized carbons (Fsp3) is 0.235. The number of hydrogen-bond acceptors (Lipinski definition) is 4. The van der Waals surface area contributed by atoms with Crippen LogP contribution in [0.15, 0.2) is 36.7 Å². The molecule has 0 aliphatic heterocycles. The summed E-state index contributed by atoms with van der Waals surface area (Å²) in [6, 6.07) is 9.16. The van der Waals surface area contributed by atoms with Crippen LogP contribution in [0.25, 0.3) is 5.69 Å². The van der Waals surface area contributed by atoms with Gasteiger partial charge in [0.05, 0.1) is 19.1 Å². The summed E-state index contributed by atoms with van der Waals surface area (Å²) in [5, 5.41) is 6.95. The van der Waals surface area contributed by atoms with Gasteiger partial charge in [0, 0.05) is 30.2 Å². The van der Waals surface area contributed by atoms with Crippen LogP contribution in [-0.2, 0) is 7.05 Å². The number of anilines is 1. The first-order valence-electron chi connectivity index (χ1n) is 7.50. The maximum absolute atomic E-state index is 12.3. The molecule has 0 aliphatic rings. The quantitative estimate of drug-likeness (QED) is 0.800. The Kier molecular flexibility index (Phi) is 4.07. The Bertz CT molecular complexity index is 877. The van der Waals surface area contributed by atoms with E-state index in [0.29, 0.717) is 17.3 Å². The second-order valence-corrected chi connectivity index (χ2v) is 5.48. The van der Waals surface area contributed by atoms with E-state index in [9.17, 15) is 4.79 Å². The fourth-order valence-corrected chi connectivity index (χ4v) is 2.41. The molecule has 24 heavy (non-hydrogen) atoms. The van der Waals surface area contributed by atoms with Gasteiger partial charge in [0.25, 0.3) is 5.91 Å². The van der Waals surface area contributed by atoms with Crippen molar-refractivity contribution in [3.63, 3.8) is 0 Å². The average Bonchev–Trinajstić information content (AvgIpc) is 3.12. The number of imidazole rings is 1. The number of methoxy groups -OCH3 is 1. The minimum Gasteiger partial charge on any atom is -0.481 e. The number of ether oxygens (including phenoxy) is 1. The molecule has 1 aromatic carbocycles. The molecule has 0 fully saturated rings. The molecule has 0 saturated heterocycles. The monoisotopic (exact) mass is 325 g/mol. The molecule has 7 heteroatoms. The van der Waals surface area contributed by atoms with Gasteiger partial charge in [0.15, 0.2) is 5.69 Å². The molecular weight excluding hydrogens is 306 g/mol. The van der Waals surface area contributed by atoms with Gasteiger partial charge in [-0.15, -0.1) is 0 Å². The summed E-state index contributed by atoms with van der Waals surface area (Å²) in [4.78, 5) is 16.5. The lowest BCUT2D eigenvalue weighted by Crippen LogP contribution is -2.13. The highest BCUT2D eigenvalue weighted by Gasteiger charge is 2.13. The topological polar surface area (TPSA) is 74.0 Å². The third-order valence-electron chi connectivity index (χ3n) is 3.93. The zero-order valence-electron chi connectivity index (χ0n) is 14.1. The standard InChI is InChI=1S/C17H19N5O2/c1-11-12(2)22(10-18-11)14-7-5-13(6-8-14)19-17(23)15-9-16(24-4)21(3)20-15/h5-10H,1-4H3,(H,19,23). The van der Waals surface area contributed by atoms with Crippen LogP contribution in [0.4, 0.5) is 5.69 Å². The van der Waals surface area contributed by atoms with Crippen LogP contribution in [0.1, 0.15) is 21.9 Å². The lowest BCUT2D eigenvalue weighted by molar-refractivity contribution is 0.102. The Morgan fingerprint density at radius 2 is 1.92 bits per heavy atom. The average molecular weight is 325 g/mol. The molecular formula is C17H19N5O2. The number of amides is 1. The number of aryl methyl sites for hydroxylation is 2. The van der Waals surface area contributed by atoms with Gasteiger partial charge in [-0.1, -0.05) is 0 Å². The van der Waals surface area contributed by atoms with Crippen molar-refractivity contribution in [1.82, 2.24) is 19.3 Å². The fourth-order valence-electron chi connectivity index (χ4n) is 2.41. The molecule has 0 atom stereocenters. The Balaban J connectivity index is 1.76. The summed E-state index contributed by atoms with van der Waals surface area (Å²) in [7, 11) is 3.26. The van der Waals surface area contributed by atoms with Crippen LogP contribution < -0.4 is 10.1 Å². The molecule has 1 N–H and O–H groups in total. The summed E-state index contributed by atoms with van der Waals surface area (Å²) in [6.45, 7) is 3.99. The first-order valence-corrected chi connectivity index (χ1v) is 7.50. The first kappa shape index (κ1) is 15.8. The second kappa shape index (κ2) is 6.19. The minimum absolute atomic E-state index is 0.281. The summed E-state index contributed by atoms with van der Waals surface area (Å²) in [5.74, 6) is 0.248. The Labute approximate surface area is 139 Å². The molecule has 7 nitrogen and oxygen atoms in total. The van der Waals surface area contributed by atoms with Crippen molar-refractivity contribution in [2.75, 3.05) is 12.4 Å². The lowest BCUT2D eigenvalue weighted by atomic mass is 10.2. The molecule has 0 aliphatic carbocycles. The van der Waals surface area contributed by atoms with Crippen molar-refractivity contribution in [2.45, 2.75) is 13.8 Å². The molecule has 0 unspecified atom stereocenters. The molecule has 0 bridgehead atoms. The van der Waals surface area contributed by atoms with E-state index in [-0.39, 0.29) is 5.91 Å². The minimum atomic E-state index is -0.281. The van der Waals surface area contributed by atoms with Gasteiger partial charge in [-0.2, -0.15) is 5.10 Å². The van der Waals surface area contributed by atoms with Crippen LogP contribution in [0.3, 0.4) is 0 Å². The molecule has 3 aromatic rings. The summed E-state index contributed by atoms with van der Waals surface area (Å²) in [6.07, 6.45) is 1.79. The van der Waals surface area contributed by atoms with Gasteiger partial charge in [0.1, 0.15) is 0 Å². The molecule has 2 heterocycles. The highest BCUT2D eigenvalue weighted by atomic mass is 16.5. The Morgan fingerprint density at radius 1 is 1.21 bits per heavy atom. The number of carbonyl (C=O) groups excluding carboxylic acids is 1. The zero-order valence-corrected chi connectivity index (χ0v) is 14.1. The number of aromatic nitrogens is 4.